The Morgan fingerprint density at radius 1 is 1.28 bits per heavy atom. The lowest BCUT2D eigenvalue weighted by Gasteiger charge is -2.32. The van der Waals surface area contributed by atoms with Crippen LogP contribution in [0.3, 0.4) is 0 Å². The van der Waals surface area contributed by atoms with Crippen LogP contribution in [0.4, 0.5) is 0 Å². The minimum absolute atomic E-state index is 0. The second-order valence-electron chi connectivity index (χ2n) is 6.42. The molecule has 1 aliphatic rings. The maximum atomic E-state index is 12.4. The first kappa shape index (κ1) is 21.7. The van der Waals surface area contributed by atoms with E-state index in [4.69, 9.17) is 0 Å². The zero-order valence-corrected chi connectivity index (χ0v) is 16.3. The van der Waals surface area contributed by atoms with E-state index in [1.165, 1.54) is 6.42 Å². The number of piperidine rings is 1. The van der Waals surface area contributed by atoms with Gasteiger partial charge in [-0.2, -0.15) is 0 Å². The van der Waals surface area contributed by atoms with Gasteiger partial charge in [0.15, 0.2) is 0 Å². The van der Waals surface area contributed by atoms with Crippen LogP contribution in [0.15, 0.2) is 24.3 Å². The van der Waals surface area contributed by atoms with Gasteiger partial charge in [-0.15, -0.1) is 24.8 Å². The summed E-state index contributed by atoms with van der Waals surface area (Å²) in [6.45, 7) is 2.89. The van der Waals surface area contributed by atoms with Gasteiger partial charge in [0.1, 0.15) is 5.82 Å². The molecule has 0 unspecified atom stereocenters. The van der Waals surface area contributed by atoms with Gasteiger partial charge < -0.3 is 15.2 Å². The molecule has 5 nitrogen and oxygen atoms in total. The molecule has 2 heterocycles. The minimum Gasteiger partial charge on any atom is -0.343 e. The molecule has 0 radical (unpaired) electrons. The third kappa shape index (κ3) is 5.87. The first-order chi connectivity index (χ1) is 11.3. The lowest BCUT2D eigenvalue weighted by Crippen LogP contribution is -2.39. The number of rotatable bonds is 6. The first-order valence-corrected chi connectivity index (χ1v) is 8.62. The molecule has 1 aliphatic heterocycles. The summed E-state index contributed by atoms with van der Waals surface area (Å²) in [5.41, 5.74) is 2.01. The van der Waals surface area contributed by atoms with Gasteiger partial charge in [-0.05, 0) is 50.9 Å². The Morgan fingerprint density at radius 3 is 2.68 bits per heavy atom. The van der Waals surface area contributed by atoms with E-state index >= 15 is 0 Å². The number of hydrogen-bond donors (Lipinski definition) is 2. The average Bonchev–Trinajstić information content (AvgIpc) is 3.01. The van der Waals surface area contributed by atoms with E-state index in [1.54, 1.807) is 0 Å². The second-order valence-corrected chi connectivity index (χ2v) is 6.42. The largest absolute Gasteiger partial charge is 0.343 e. The van der Waals surface area contributed by atoms with Crippen LogP contribution in [-0.2, 0) is 11.2 Å². The maximum Gasteiger partial charge on any atom is 0.223 e. The molecule has 2 aromatic rings. The van der Waals surface area contributed by atoms with Gasteiger partial charge in [-0.3, -0.25) is 4.79 Å². The van der Waals surface area contributed by atoms with Crippen molar-refractivity contribution in [3.63, 3.8) is 0 Å². The molecule has 140 valence electrons. The predicted molar refractivity (Wildman–Crippen MR) is 107 cm³/mol. The third-order valence-corrected chi connectivity index (χ3v) is 4.78. The van der Waals surface area contributed by atoms with Crippen molar-refractivity contribution in [3.8, 4) is 0 Å². The number of halogens is 2. The number of nitrogens with one attached hydrogen (secondary N) is 2. The number of aromatic amines is 1. The number of amides is 1. The first-order valence-electron chi connectivity index (χ1n) is 8.62. The number of aromatic nitrogens is 2. The fourth-order valence-corrected chi connectivity index (χ4v) is 3.33. The van der Waals surface area contributed by atoms with E-state index in [-0.39, 0.29) is 30.7 Å². The molecule has 3 rings (SSSR count). The van der Waals surface area contributed by atoms with Crippen molar-refractivity contribution in [1.29, 1.82) is 0 Å². The number of aryl methyl sites for hydroxylation is 1. The Kier molecular flexibility index (Phi) is 9.25. The number of benzene rings is 1. The Labute approximate surface area is 161 Å². The number of fused-ring (bicyclic) bond motifs is 1. The molecule has 0 atom stereocenters. The van der Waals surface area contributed by atoms with Gasteiger partial charge in [0.05, 0.1) is 11.0 Å². The SMILES string of the molecule is CNCCC1CCN(C(=O)CCc2nc3ccccc3[nH]2)CC1.Cl.Cl. The molecule has 7 heteroatoms. The summed E-state index contributed by atoms with van der Waals surface area (Å²) in [6.07, 6.45) is 4.72. The maximum absolute atomic E-state index is 12.4. The minimum atomic E-state index is 0. The van der Waals surface area contributed by atoms with Crippen LogP contribution in [0.5, 0.6) is 0 Å². The number of H-pyrrole nitrogens is 1. The third-order valence-electron chi connectivity index (χ3n) is 4.78. The summed E-state index contributed by atoms with van der Waals surface area (Å²) < 4.78 is 0. The second kappa shape index (κ2) is 10.6. The monoisotopic (exact) mass is 386 g/mol. The van der Waals surface area contributed by atoms with Gasteiger partial charge in [0, 0.05) is 25.9 Å². The zero-order valence-electron chi connectivity index (χ0n) is 14.7. The Hall–Kier alpha value is -1.30. The molecule has 0 aliphatic carbocycles. The fraction of sp³-hybridized carbons (Fsp3) is 0.556. The zero-order chi connectivity index (χ0) is 16.1. The molecule has 1 aromatic heterocycles. The molecule has 1 fully saturated rings. The molecule has 0 spiro atoms. The topological polar surface area (TPSA) is 61.0 Å². The van der Waals surface area contributed by atoms with Crippen molar-refractivity contribution in [2.45, 2.75) is 32.1 Å². The predicted octanol–water partition coefficient (Wildman–Crippen LogP) is 3.19. The highest BCUT2D eigenvalue weighted by atomic mass is 35.5. The van der Waals surface area contributed by atoms with E-state index < -0.39 is 0 Å². The van der Waals surface area contributed by atoms with Gasteiger partial charge in [-0.25, -0.2) is 4.98 Å². The number of carbonyl (C=O) groups excluding carboxylic acids is 1. The van der Waals surface area contributed by atoms with Crippen molar-refractivity contribution in [3.05, 3.63) is 30.1 Å². The number of likely N-dealkylation sites (tertiary alicyclic amines) is 1. The van der Waals surface area contributed by atoms with Crippen LogP contribution in [0.25, 0.3) is 11.0 Å². The molecule has 1 amide bonds. The quantitative estimate of drug-likeness (QED) is 0.800. The number of imidazole rings is 1. The summed E-state index contributed by atoms with van der Waals surface area (Å²) in [5.74, 6) is 1.93. The fourth-order valence-electron chi connectivity index (χ4n) is 3.33. The molecular formula is C18H28Cl2N4O. The van der Waals surface area contributed by atoms with Gasteiger partial charge in [0.2, 0.25) is 5.91 Å². The summed E-state index contributed by atoms with van der Waals surface area (Å²) in [5, 5.41) is 3.21. The highest BCUT2D eigenvalue weighted by Gasteiger charge is 2.22. The van der Waals surface area contributed by atoms with Gasteiger partial charge in [-0.1, -0.05) is 12.1 Å². The van der Waals surface area contributed by atoms with Gasteiger partial charge >= 0.3 is 0 Å². The number of para-hydroxylation sites is 2. The van der Waals surface area contributed by atoms with Crippen LogP contribution < -0.4 is 5.32 Å². The summed E-state index contributed by atoms with van der Waals surface area (Å²) in [4.78, 5) is 22.2. The van der Waals surface area contributed by atoms with Crippen LogP contribution in [0.2, 0.25) is 0 Å². The number of carbonyl (C=O) groups is 1. The number of hydrogen-bond acceptors (Lipinski definition) is 3. The molecule has 1 saturated heterocycles. The summed E-state index contributed by atoms with van der Waals surface area (Å²) in [6, 6.07) is 7.99. The van der Waals surface area contributed by atoms with E-state index in [2.05, 4.69) is 15.3 Å². The highest BCUT2D eigenvalue weighted by molar-refractivity contribution is 5.85. The number of nitrogens with zero attached hydrogens (tertiary/aromatic N) is 2. The molecule has 2 N–H and O–H groups in total. The summed E-state index contributed by atoms with van der Waals surface area (Å²) >= 11 is 0. The van der Waals surface area contributed by atoms with Crippen molar-refractivity contribution in [2.24, 2.45) is 5.92 Å². The smallest absolute Gasteiger partial charge is 0.223 e. The van der Waals surface area contributed by atoms with E-state index in [0.29, 0.717) is 12.8 Å². The van der Waals surface area contributed by atoms with Crippen molar-refractivity contribution >= 4 is 41.8 Å². The van der Waals surface area contributed by atoms with E-state index in [1.807, 2.05) is 36.2 Å². The Morgan fingerprint density at radius 2 is 2.00 bits per heavy atom. The molecular weight excluding hydrogens is 359 g/mol. The molecule has 0 saturated carbocycles. The Balaban J connectivity index is 0.00000156. The van der Waals surface area contributed by atoms with Crippen LogP contribution in [-0.4, -0.2) is 47.5 Å². The van der Waals surface area contributed by atoms with Crippen molar-refractivity contribution in [2.75, 3.05) is 26.7 Å². The van der Waals surface area contributed by atoms with E-state index in [9.17, 15) is 4.79 Å². The Bertz CT molecular complexity index is 620. The standard InChI is InChI=1S/C18H26N4O.2ClH/c1-19-11-8-14-9-12-22(13-10-14)18(23)7-6-17-20-15-4-2-3-5-16(15)21-17;;/h2-5,14,19H,6-13H2,1H3,(H,20,21);2*1H. The van der Waals surface area contributed by atoms with Crippen LogP contribution in [0, 0.1) is 5.92 Å². The normalized spacial score (nSPS) is 14.8. The lowest BCUT2D eigenvalue weighted by molar-refractivity contribution is -0.132. The molecule has 1 aromatic carbocycles. The highest BCUT2D eigenvalue weighted by Crippen LogP contribution is 2.21. The van der Waals surface area contributed by atoms with Crippen molar-refractivity contribution in [1.82, 2.24) is 20.2 Å². The van der Waals surface area contributed by atoms with Crippen molar-refractivity contribution < 1.29 is 4.79 Å². The van der Waals surface area contributed by atoms with E-state index in [0.717, 1.165) is 55.3 Å². The summed E-state index contributed by atoms with van der Waals surface area (Å²) in [7, 11) is 2.00. The van der Waals surface area contributed by atoms with Crippen LogP contribution >= 0.6 is 24.8 Å². The molecule has 0 bridgehead atoms. The van der Waals surface area contributed by atoms with Gasteiger partial charge in [0.25, 0.3) is 0 Å². The lowest BCUT2D eigenvalue weighted by atomic mass is 9.93. The average molecular weight is 387 g/mol. The molecule has 25 heavy (non-hydrogen) atoms. The van der Waals surface area contributed by atoms with Crippen LogP contribution in [0.1, 0.15) is 31.5 Å².